The Hall–Kier alpha value is -1.43. The van der Waals surface area contributed by atoms with Gasteiger partial charge in [-0.3, -0.25) is 4.79 Å². The zero-order valence-corrected chi connectivity index (χ0v) is 10.4. The van der Waals surface area contributed by atoms with Crippen molar-refractivity contribution in [2.45, 2.75) is 39.4 Å². The van der Waals surface area contributed by atoms with E-state index in [1.165, 1.54) is 0 Å². The lowest BCUT2D eigenvalue weighted by molar-refractivity contribution is -0.133. The lowest BCUT2D eigenvalue weighted by atomic mass is 10.2. The number of hydrogen-bond donors (Lipinski definition) is 1. The lowest BCUT2D eigenvalue weighted by Gasteiger charge is -2.28. The maximum Gasteiger partial charge on any atom is 0.224 e. The largest absolute Gasteiger partial charge is 0.333 e. The number of nitrogens with zero attached hydrogens (tertiary/aromatic N) is 4. The fourth-order valence-electron chi connectivity index (χ4n) is 2.09. The Kier molecular flexibility index (Phi) is 3.73. The number of aromatic nitrogens is 3. The summed E-state index contributed by atoms with van der Waals surface area (Å²) >= 11 is 0. The highest BCUT2D eigenvalue weighted by atomic mass is 16.2. The maximum absolute atomic E-state index is 12.0. The van der Waals surface area contributed by atoms with Gasteiger partial charge in [-0.05, 0) is 13.5 Å². The second-order valence-corrected chi connectivity index (χ2v) is 4.42. The molecule has 0 aliphatic carbocycles. The molecule has 6 heteroatoms. The van der Waals surface area contributed by atoms with Crippen LogP contribution in [0.15, 0.2) is 6.33 Å². The van der Waals surface area contributed by atoms with Crippen LogP contribution in [0.2, 0.25) is 0 Å². The average Bonchev–Trinajstić information content (AvgIpc) is 2.75. The van der Waals surface area contributed by atoms with Crippen molar-refractivity contribution in [3.05, 3.63) is 12.2 Å². The normalized spacial score (nSPS) is 16.7. The number of rotatable bonds is 4. The summed E-state index contributed by atoms with van der Waals surface area (Å²) in [5.41, 5.74) is 0. The van der Waals surface area contributed by atoms with Crippen molar-refractivity contribution < 1.29 is 4.79 Å². The SMILES string of the molecule is CCNC(C)CC(=O)N1CCn2cnnc2C1. The summed E-state index contributed by atoms with van der Waals surface area (Å²) in [7, 11) is 0. The van der Waals surface area contributed by atoms with Crippen LogP contribution >= 0.6 is 0 Å². The molecule has 2 heterocycles. The van der Waals surface area contributed by atoms with Crippen molar-refractivity contribution in [1.82, 2.24) is 25.0 Å². The topological polar surface area (TPSA) is 63.1 Å². The molecule has 0 saturated heterocycles. The van der Waals surface area contributed by atoms with Gasteiger partial charge in [0.1, 0.15) is 6.33 Å². The Labute approximate surface area is 101 Å². The molecule has 1 aromatic heterocycles. The molecule has 1 amide bonds. The van der Waals surface area contributed by atoms with Gasteiger partial charge < -0.3 is 14.8 Å². The van der Waals surface area contributed by atoms with Gasteiger partial charge in [-0.25, -0.2) is 0 Å². The molecule has 1 aliphatic rings. The van der Waals surface area contributed by atoms with E-state index in [2.05, 4.69) is 15.5 Å². The molecule has 2 rings (SSSR count). The molecule has 1 aromatic rings. The van der Waals surface area contributed by atoms with Gasteiger partial charge in [0.15, 0.2) is 5.82 Å². The van der Waals surface area contributed by atoms with Crippen LogP contribution in [0.3, 0.4) is 0 Å². The lowest BCUT2D eigenvalue weighted by Crippen LogP contribution is -2.41. The van der Waals surface area contributed by atoms with E-state index in [1.54, 1.807) is 6.33 Å². The van der Waals surface area contributed by atoms with Gasteiger partial charge in [0.25, 0.3) is 0 Å². The Morgan fingerprint density at radius 3 is 3.18 bits per heavy atom. The maximum atomic E-state index is 12.0. The second kappa shape index (κ2) is 5.27. The summed E-state index contributed by atoms with van der Waals surface area (Å²) in [5, 5.41) is 11.1. The fourth-order valence-corrected chi connectivity index (χ4v) is 2.09. The Morgan fingerprint density at radius 2 is 2.41 bits per heavy atom. The van der Waals surface area contributed by atoms with E-state index in [0.29, 0.717) is 13.0 Å². The van der Waals surface area contributed by atoms with E-state index >= 15 is 0 Å². The number of fused-ring (bicyclic) bond motifs is 1. The number of carbonyl (C=O) groups excluding carboxylic acids is 1. The van der Waals surface area contributed by atoms with Crippen molar-refractivity contribution in [2.75, 3.05) is 13.1 Å². The second-order valence-electron chi connectivity index (χ2n) is 4.42. The minimum Gasteiger partial charge on any atom is -0.333 e. The predicted octanol–water partition coefficient (Wildman–Crippen LogP) is 0.00840. The molecule has 0 saturated carbocycles. The molecule has 1 N–H and O–H groups in total. The molecule has 1 atom stereocenters. The first-order valence-corrected chi connectivity index (χ1v) is 6.08. The Bertz CT molecular complexity index is 389. The van der Waals surface area contributed by atoms with E-state index in [9.17, 15) is 4.79 Å². The molecule has 0 radical (unpaired) electrons. The zero-order valence-electron chi connectivity index (χ0n) is 10.4. The van der Waals surface area contributed by atoms with Crippen LogP contribution in [-0.4, -0.2) is 44.7 Å². The molecular formula is C11H19N5O. The zero-order chi connectivity index (χ0) is 12.3. The van der Waals surface area contributed by atoms with Crippen molar-refractivity contribution in [1.29, 1.82) is 0 Å². The molecule has 17 heavy (non-hydrogen) atoms. The molecule has 0 spiro atoms. The van der Waals surface area contributed by atoms with Gasteiger partial charge in [-0.2, -0.15) is 0 Å². The average molecular weight is 237 g/mol. The van der Waals surface area contributed by atoms with Crippen LogP contribution in [0.1, 0.15) is 26.1 Å². The van der Waals surface area contributed by atoms with E-state index < -0.39 is 0 Å². The van der Waals surface area contributed by atoms with Crippen LogP contribution in [0, 0.1) is 0 Å². The van der Waals surface area contributed by atoms with Crippen LogP contribution < -0.4 is 5.32 Å². The van der Waals surface area contributed by atoms with Crippen molar-refractivity contribution in [3.63, 3.8) is 0 Å². The third-order valence-electron chi connectivity index (χ3n) is 3.02. The summed E-state index contributed by atoms with van der Waals surface area (Å²) in [4.78, 5) is 13.9. The quantitative estimate of drug-likeness (QED) is 0.801. The molecule has 94 valence electrons. The van der Waals surface area contributed by atoms with Gasteiger partial charge >= 0.3 is 0 Å². The standard InChI is InChI=1S/C11H19N5O/c1-3-12-9(2)6-11(17)15-4-5-16-8-13-14-10(16)7-15/h8-9,12H,3-7H2,1-2H3. The van der Waals surface area contributed by atoms with Crippen molar-refractivity contribution in [3.8, 4) is 0 Å². The third-order valence-corrected chi connectivity index (χ3v) is 3.02. The first-order valence-electron chi connectivity index (χ1n) is 6.08. The summed E-state index contributed by atoms with van der Waals surface area (Å²) in [6.45, 7) is 7.10. The minimum atomic E-state index is 0.188. The van der Waals surface area contributed by atoms with Gasteiger partial charge in [0.2, 0.25) is 5.91 Å². The van der Waals surface area contributed by atoms with Crippen molar-refractivity contribution in [2.24, 2.45) is 0 Å². The summed E-state index contributed by atoms with van der Waals surface area (Å²) in [5.74, 6) is 1.06. The van der Waals surface area contributed by atoms with Gasteiger partial charge in [-0.15, -0.1) is 10.2 Å². The molecule has 1 unspecified atom stereocenters. The number of hydrogen-bond acceptors (Lipinski definition) is 4. The highest BCUT2D eigenvalue weighted by Gasteiger charge is 2.22. The van der Waals surface area contributed by atoms with Gasteiger partial charge in [0.05, 0.1) is 6.54 Å². The summed E-state index contributed by atoms with van der Waals surface area (Å²) in [6, 6.07) is 0.229. The molecule has 0 aromatic carbocycles. The van der Waals surface area contributed by atoms with E-state index in [0.717, 1.165) is 25.5 Å². The first kappa shape index (κ1) is 12.0. The highest BCUT2D eigenvalue weighted by Crippen LogP contribution is 2.10. The van der Waals surface area contributed by atoms with E-state index in [-0.39, 0.29) is 11.9 Å². The molecule has 1 aliphatic heterocycles. The smallest absolute Gasteiger partial charge is 0.224 e. The van der Waals surface area contributed by atoms with Crippen LogP contribution in [0.5, 0.6) is 0 Å². The Morgan fingerprint density at radius 1 is 1.59 bits per heavy atom. The fraction of sp³-hybridized carbons (Fsp3) is 0.727. The van der Waals surface area contributed by atoms with Crippen LogP contribution in [0.25, 0.3) is 0 Å². The van der Waals surface area contributed by atoms with Gasteiger partial charge in [-0.1, -0.05) is 6.92 Å². The molecule has 0 fully saturated rings. The van der Waals surface area contributed by atoms with E-state index in [4.69, 9.17) is 0 Å². The summed E-state index contributed by atoms with van der Waals surface area (Å²) in [6.07, 6.45) is 2.26. The highest BCUT2D eigenvalue weighted by molar-refractivity contribution is 5.76. The minimum absolute atomic E-state index is 0.188. The monoisotopic (exact) mass is 237 g/mol. The van der Waals surface area contributed by atoms with Crippen LogP contribution in [-0.2, 0) is 17.9 Å². The number of nitrogens with one attached hydrogen (secondary N) is 1. The molecule has 0 bridgehead atoms. The number of amides is 1. The van der Waals surface area contributed by atoms with E-state index in [1.807, 2.05) is 23.3 Å². The molecule has 6 nitrogen and oxygen atoms in total. The van der Waals surface area contributed by atoms with Crippen LogP contribution in [0.4, 0.5) is 0 Å². The van der Waals surface area contributed by atoms with Gasteiger partial charge in [0, 0.05) is 25.6 Å². The predicted molar refractivity (Wildman–Crippen MR) is 63.2 cm³/mol. The summed E-state index contributed by atoms with van der Waals surface area (Å²) < 4.78 is 2.00. The van der Waals surface area contributed by atoms with Crippen molar-refractivity contribution >= 4 is 5.91 Å². The Balaban J connectivity index is 1.90. The molecular weight excluding hydrogens is 218 g/mol. The first-order chi connectivity index (χ1) is 8.20. The number of carbonyl (C=O) groups is 1. The third kappa shape index (κ3) is 2.82.